The van der Waals surface area contributed by atoms with E-state index in [1.165, 1.54) is 4.68 Å². The van der Waals surface area contributed by atoms with Gasteiger partial charge in [0.15, 0.2) is 5.82 Å². The molecule has 1 fully saturated rings. The quantitative estimate of drug-likeness (QED) is 0.686. The van der Waals surface area contributed by atoms with Crippen molar-refractivity contribution in [2.45, 2.75) is 25.5 Å². The molecular formula is C10H15N3O2. The molecule has 0 amide bonds. The molecule has 1 aliphatic heterocycles. The Morgan fingerprint density at radius 3 is 3.13 bits per heavy atom. The molecule has 0 bridgehead atoms. The van der Waals surface area contributed by atoms with Crippen molar-refractivity contribution in [1.82, 2.24) is 14.3 Å². The molecule has 2 heterocycles. The maximum Gasteiger partial charge on any atom is 0.346 e. The summed E-state index contributed by atoms with van der Waals surface area (Å²) in [4.78, 5) is 11.7. The fourth-order valence-electron chi connectivity index (χ4n) is 1.84. The lowest BCUT2D eigenvalue weighted by molar-refractivity contribution is 0.101. The lowest BCUT2D eigenvalue weighted by Crippen LogP contribution is -2.23. The Balaban J connectivity index is 2.40. The van der Waals surface area contributed by atoms with E-state index in [0.29, 0.717) is 6.54 Å². The fraction of sp³-hybridized carbons (Fsp3) is 0.600. The molecule has 15 heavy (non-hydrogen) atoms. The molecule has 0 spiro atoms. The zero-order chi connectivity index (χ0) is 10.8. The molecule has 1 aromatic rings. The zero-order valence-corrected chi connectivity index (χ0v) is 8.85. The molecule has 5 nitrogen and oxygen atoms in total. The first-order chi connectivity index (χ1) is 7.24. The fourth-order valence-corrected chi connectivity index (χ4v) is 1.84. The highest BCUT2D eigenvalue weighted by molar-refractivity contribution is 4.96. The second kappa shape index (κ2) is 4.02. The second-order valence-corrected chi connectivity index (χ2v) is 3.67. The van der Waals surface area contributed by atoms with Crippen LogP contribution < -0.4 is 5.69 Å². The van der Waals surface area contributed by atoms with Crippen molar-refractivity contribution < 1.29 is 4.74 Å². The van der Waals surface area contributed by atoms with Gasteiger partial charge in [0.25, 0.3) is 0 Å². The summed E-state index contributed by atoms with van der Waals surface area (Å²) in [6.45, 7) is 4.88. The third kappa shape index (κ3) is 1.74. The number of ether oxygens (including phenoxy) is 1. The molecule has 82 valence electrons. The Morgan fingerprint density at radius 1 is 1.73 bits per heavy atom. The molecule has 0 aliphatic carbocycles. The van der Waals surface area contributed by atoms with Crippen LogP contribution in [0.2, 0.25) is 0 Å². The number of rotatable bonds is 3. The van der Waals surface area contributed by atoms with Crippen LogP contribution in [0.1, 0.15) is 24.8 Å². The van der Waals surface area contributed by atoms with E-state index in [0.717, 1.165) is 25.3 Å². The van der Waals surface area contributed by atoms with Crippen LogP contribution in [0, 0.1) is 0 Å². The maximum atomic E-state index is 11.7. The van der Waals surface area contributed by atoms with Gasteiger partial charge >= 0.3 is 5.69 Å². The summed E-state index contributed by atoms with van der Waals surface area (Å²) in [6.07, 6.45) is 3.64. The maximum absolute atomic E-state index is 11.7. The predicted molar refractivity (Wildman–Crippen MR) is 55.6 cm³/mol. The topological polar surface area (TPSA) is 49.0 Å². The van der Waals surface area contributed by atoms with Gasteiger partial charge in [-0.05, 0) is 12.8 Å². The molecule has 1 aromatic heterocycles. The number of allylic oxidation sites excluding steroid dienone is 1. The van der Waals surface area contributed by atoms with E-state index in [1.54, 1.807) is 17.7 Å². The van der Waals surface area contributed by atoms with Crippen LogP contribution in [-0.4, -0.2) is 21.0 Å². The summed E-state index contributed by atoms with van der Waals surface area (Å²) >= 11 is 0. The van der Waals surface area contributed by atoms with Gasteiger partial charge in [-0.2, -0.15) is 5.10 Å². The molecule has 0 radical (unpaired) electrons. The van der Waals surface area contributed by atoms with Gasteiger partial charge in [0, 0.05) is 20.2 Å². The van der Waals surface area contributed by atoms with E-state index >= 15 is 0 Å². The van der Waals surface area contributed by atoms with E-state index in [2.05, 4.69) is 11.7 Å². The third-order valence-corrected chi connectivity index (χ3v) is 2.57. The Morgan fingerprint density at radius 2 is 2.53 bits per heavy atom. The van der Waals surface area contributed by atoms with Crippen LogP contribution in [0.3, 0.4) is 0 Å². The van der Waals surface area contributed by atoms with Crippen LogP contribution in [0.5, 0.6) is 0 Å². The van der Waals surface area contributed by atoms with Crippen molar-refractivity contribution in [3.8, 4) is 0 Å². The van der Waals surface area contributed by atoms with Crippen molar-refractivity contribution in [3.63, 3.8) is 0 Å². The zero-order valence-electron chi connectivity index (χ0n) is 8.85. The Bertz CT molecular complexity index is 413. The Hall–Kier alpha value is -1.36. The summed E-state index contributed by atoms with van der Waals surface area (Å²) in [5, 5.41) is 4.21. The number of aryl methyl sites for hydroxylation is 1. The second-order valence-electron chi connectivity index (χ2n) is 3.67. The normalized spacial score (nSPS) is 20.7. The van der Waals surface area contributed by atoms with E-state index in [1.807, 2.05) is 0 Å². The molecular weight excluding hydrogens is 194 g/mol. The molecule has 0 saturated carbocycles. The van der Waals surface area contributed by atoms with Crippen molar-refractivity contribution in [2.75, 3.05) is 6.61 Å². The Labute approximate surface area is 88.0 Å². The van der Waals surface area contributed by atoms with E-state index in [9.17, 15) is 4.79 Å². The molecule has 1 unspecified atom stereocenters. The van der Waals surface area contributed by atoms with Crippen LogP contribution in [0.15, 0.2) is 17.4 Å². The lowest BCUT2D eigenvalue weighted by Gasteiger charge is -2.08. The molecule has 1 aliphatic rings. The molecule has 1 atom stereocenters. The highest BCUT2D eigenvalue weighted by atomic mass is 16.5. The number of hydrogen-bond acceptors (Lipinski definition) is 3. The van der Waals surface area contributed by atoms with Crippen molar-refractivity contribution in [2.24, 2.45) is 7.05 Å². The first kappa shape index (κ1) is 10.2. The smallest absolute Gasteiger partial charge is 0.346 e. The summed E-state index contributed by atoms with van der Waals surface area (Å²) in [5.74, 6) is 0.722. The minimum Gasteiger partial charge on any atom is -0.370 e. The average molecular weight is 209 g/mol. The number of aromatic nitrogens is 3. The largest absolute Gasteiger partial charge is 0.370 e. The summed E-state index contributed by atoms with van der Waals surface area (Å²) in [6, 6.07) is 0. The molecule has 0 aromatic carbocycles. The van der Waals surface area contributed by atoms with Gasteiger partial charge in [-0.25, -0.2) is 9.48 Å². The standard InChI is InChI=1S/C10H15N3O2/c1-3-6-13-9(8-5-4-7-15-8)11-12(2)10(13)14/h3,8H,1,4-7H2,2H3. The molecule has 2 rings (SSSR count). The first-order valence-electron chi connectivity index (χ1n) is 5.10. The van der Waals surface area contributed by atoms with Gasteiger partial charge in [-0.1, -0.05) is 6.08 Å². The average Bonchev–Trinajstić information content (AvgIpc) is 2.81. The van der Waals surface area contributed by atoms with E-state index in [4.69, 9.17) is 4.74 Å². The van der Waals surface area contributed by atoms with Gasteiger partial charge in [0.2, 0.25) is 0 Å². The summed E-state index contributed by atoms with van der Waals surface area (Å²) in [5.41, 5.74) is -0.111. The molecule has 5 heteroatoms. The molecule has 0 N–H and O–H groups in total. The third-order valence-electron chi connectivity index (χ3n) is 2.57. The lowest BCUT2D eigenvalue weighted by atomic mass is 10.2. The van der Waals surface area contributed by atoms with Gasteiger partial charge < -0.3 is 4.74 Å². The number of nitrogens with zero attached hydrogens (tertiary/aromatic N) is 3. The van der Waals surface area contributed by atoms with Crippen LogP contribution >= 0.6 is 0 Å². The Kier molecular flexibility index (Phi) is 2.73. The summed E-state index contributed by atoms with van der Waals surface area (Å²) in [7, 11) is 1.65. The monoisotopic (exact) mass is 209 g/mol. The van der Waals surface area contributed by atoms with Crippen molar-refractivity contribution >= 4 is 0 Å². The van der Waals surface area contributed by atoms with Crippen LogP contribution in [0.4, 0.5) is 0 Å². The first-order valence-corrected chi connectivity index (χ1v) is 5.10. The minimum absolute atomic E-state index is 0.0288. The van der Waals surface area contributed by atoms with Crippen LogP contribution in [0.25, 0.3) is 0 Å². The highest BCUT2D eigenvalue weighted by Crippen LogP contribution is 2.26. The van der Waals surface area contributed by atoms with Gasteiger partial charge in [-0.3, -0.25) is 4.57 Å². The summed E-state index contributed by atoms with van der Waals surface area (Å²) < 4.78 is 8.49. The predicted octanol–water partition coefficient (Wildman–Crippen LogP) is 0.619. The minimum atomic E-state index is -0.111. The molecule has 1 saturated heterocycles. The van der Waals surface area contributed by atoms with E-state index < -0.39 is 0 Å². The van der Waals surface area contributed by atoms with Gasteiger partial charge in [-0.15, -0.1) is 6.58 Å². The van der Waals surface area contributed by atoms with Gasteiger partial charge in [0.05, 0.1) is 0 Å². The van der Waals surface area contributed by atoms with Crippen molar-refractivity contribution in [3.05, 3.63) is 29.0 Å². The van der Waals surface area contributed by atoms with E-state index in [-0.39, 0.29) is 11.8 Å². The van der Waals surface area contributed by atoms with Crippen LogP contribution in [-0.2, 0) is 18.3 Å². The van der Waals surface area contributed by atoms with Crippen molar-refractivity contribution in [1.29, 1.82) is 0 Å². The van der Waals surface area contributed by atoms with Gasteiger partial charge in [0.1, 0.15) is 6.10 Å². The SMILES string of the molecule is C=CCn1c(C2CCCO2)nn(C)c1=O. The highest BCUT2D eigenvalue weighted by Gasteiger charge is 2.24. The number of hydrogen-bond donors (Lipinski definition) is 0.